The van der Waals surface area contributed by atoms with Gasteiger partial charge >= 0.3 is 0 Å². The largest absolute Gasteiger partial charge is 0.388 e. The van der Waals surface area contributed by atoms with Gasteiger partial charge in [-0.3, -0.25) is 0 Å². The molecule has 0 aliphatic heterocycles. The highest BCUT2D eigenvalue weighted by Crippen LogP contribution is 2.31. The summed E-state index contributed by atoms with van der Waals surface area (Å²) < 4.78 is 2.96. The van der Waals surface area contributed by atoms with Crippen LogP contribution in [0.4, 0.5) is 0 Å². The van der Waals surface area contributed by atoms with E-state index in [-0.39, 0.29) is 12.1 Å². The Morgan fingerprint density at radius 3 is 2.47 bits per heavy atom. The molecule has 0 radical (unpaired) electrons. The topological polar surface area (TPSA) is 50.9 Å². The molecule has 0 unspecified atom stereocenters. The molecule has 102 valence electrons. The van der Waals surface area contributed by atoms with Crippen LogP contribution >= 0.6 is 15.9 Å². The maximum absolute atomic E-state index is 9.42. The summed E-state index contributed by atoms with van der Waals surface area (Å²) in [5.74, 6) is 1.35. The van der Waals surface area contributed by atoms with E-state index in [0.717, 1.165) is 15.9 Å². The number of aromatic nitrogens is 3. The van der Waals surface area contributed by atoms with Gasteiger partial charge in [0.15, 0.2) is 11.6 Å². The molecule has 1 N–H and O–H groups in total. The van der Waals surface area contributed by atoms with Crippen LogP contribution in [0.1, 0.15) is 32.2 Å². The molecule has 2 aromatic rings. The standard InChI is InChI=1S/C14H18BrN3O/c1-9-5-6-10(11(15)7-9)13-17-16-12(8-19)18(13)14(2,3)4/h5-7,19H,8H2,1-4H3. The highest BCUT2D eigenvalue weighted by atomic mass is 79.9. The van der Waals surface area contributed by atoms with E-state index in [1.807, 2.05) is 23.6 Å². The van der Waals surface area contributed by atoms with E-state index in [1.165, 1.54) is 5.56 Å². The summed E-state index contributed by atoms with van der Waals surface area (Å²) >= 11 is 3.57. The Morgan fingerprint density at radius 2 is 1.95 bits per heavy atom. The monoisotopic (exact) mass is 323 g/mol. The number of rotatable bonds is 2. The lowest BCUT2D eigenvalue weighted by Crippen LogP contribution is -2.25. The molecule has 1 heterocycles. The normalized spacial score (nSPS) is 11.9. The minimum atomic E-state index is -0.193. The number of benzene rings is 1. The van der Waals surface area contributed by atoms with E-state index < -0.39 is 0 Å². The third-order valence-electron chi connectivity index (χ3n) is 2.91. The number of nitrogens with zero attached hydrogens (tertiary/aromatic N) is 3. The first-order chi connectivity index (χ1) is 8.84. The average Bonchev–Trinajstić information content (AvgIpc) is 2.72. The number of halogens is 1. The summed E-state index contributed by atoms with van der Waals surface area (Å²) in [4.78, 5) is 0. The Labute approximate surface area is 121 Å². The molecular formula is C14H18BrN3O. The maximum atomic E-state index is 9.42. The fraction of sp³-hybridized carbons (Fsp3) is 0.429. The third kappa shape index (κ3) is 2.72. The highest BCUT2D eigenvalue weighted by Gasteiger charge is 2.24. The zero-order valence-corrected chi connectivity index (χ0v) is 13.2. The summed E-state index contributed by atoms with van der Waals surface area (Å²) in [5, 5.41) is 17.7. The van der Waals surface area contributed by atoms with Crippen LogP contribution in [0.5, 0.6) is 0 Å². The first-order valence-corrected chi connectivity index (χ1v) is 6.96. The van der Waals surface area contributed by atoms with E-state index in [1.54, 1.807) is 0 Å². The molecule has 0 aliphatic carbocycles. The van der Waals surface area contributed by atoms with E-state index in [9.17, 15) is 5.11 Å². The van der Waals surface area contributed by atoms with E-state index in [4.69, 9.17) is 0 Å². The number of aliphatic hydroxyl groups is 1. The minimum absolute atomic E-state index is 0.117. The second-order valence-corrected chi connectivity index (χ2v) is 6.44. The lowest BCUT2D eigenvalue weighted by molar-refractivity contribution is 0.250. The molecule has 1 aromatic heterocycles. The number of aliphatic hydroxyl groups excluding tert-OH is 1. The predicted octanol–water partition coefficient (Wildman–Crippen LogP) is 3.26. The van der Waals surface area contributed by atoms with Gasteiger partial charge in [0.2, 0.25) is 0 Å². The van der Waals surface area contributed by atoms with Crippen molar-refractivity contribution in [1.82, 2.24) is 14.8 Å². The first-order valence-electron chi connectivity index (χ1n) is 6.16. The number of aryl methyl sites for hydroxylation is 1. The Balaban J connectivity index is 2.66. The van der Waals surface area contributed by atoms with Crippen molar-refractivity contribution in [3.8, 4) is 11.4 Å². The molecule has 0 amide bonds. The van der Waals surface area contributed by atoms with E-state index in [2.05, 4.69) is 53.0 Å². The van der Waals surface area contributed by atoms with Gasteiger partial charge in [0.25, 0.3) is 0 Å². The van der Waals surface area contributed by atoms with Crippen molar-refractivity contribution in [2.75, 3.05) is 0 Å². The predicted molar refractivity (Wildman–Crippen MR) is 78.8 cm³/mol. The fourth-order valence-electron chi connectivity index (χ4n) is 2.10. The summed E-state index contributed by atoms with van der Waals surface area (Å²) in [6.45, 7) is 8.14. The van der Waals surface area contributed by atoms with Crippen molar-refractivity contribution in [3.05, 3.63) is 34.1 Å². The molecule has 0 bridgehead atoms. The minimum Gasteiger partial charge on any atom is -0.388 e. The molecule has 4 nitrogen and oxygen atoms in total. The molecule has 5 heteroatoms. The van der Waals surface area contributed by atoms with Gasteiger partial charge < -0.3 is 9.67 Å². The lowest BCUT2D eigenvalue weighted by Gasteiger charge is -2.25. The van der Waals surface area contributed by atoms with Gasteiger partial charge in [-0.05, 0) is 45.4 Å². The van der Waals surface area contributed by atoms with Crippen LogP contribution in [0.2, 0.25) is 0 Å². The molecule has 0 atom stereocenters. The fourth-order valence-corrected chi connectivity index (χ4v) is 2.77. The summed E-state index contributed by atoms with van der Waals surface area (Å²) in [5.41, 5.74) is 1.97. The first kappa shape index (κ1) is 14.2. The van der Waals surface area contributed by atoms with Crippen LogP contribution in [-0.4, -0.2) is 19.9 Å². The Morgan fingerprint density at radius 1 is 1.26 bits per heavy atom. The zero-order chi connectivity index (χ0) is 14.2. The van der Waals surface area contributed by atoms with Crippen LogP contribution in [0.25, 0.3) is 11.4 Å². The van der Waals surface area contributed by atoms with Crippen LogP contribution in [0, 0.1) is 6.92 Å². The molecule has 0 fully saturated rings. The smallest absolute Gasteiger partial charge is 0.165 e. The van der Waals surface area contributed by atoms with Gasteiger partial charge in [-0.25, -0.2) is 0 Å². The molecular weight excluding hydrogens is 306 g/mol. The molecule has 0 aliphatic rings. The van der Waals surface area contributed by atoms with E-state index in [0.29, 0.717) is 5.82 Å². The Hall–Kier alpha value is -1.20. The van der Waals surface area contributed by atoms with Gasteiger partial charge in [0.1, 0.15) is 6.61 Å². The second kappa shape index (κ2) is 5.06. The van der Waals surface area contributed by atoms with Gasteiger partial charge in [-0.15, -0.1) is 10.2 Å². The van der Waals surface area contributed by atoms with Crippen molar-refractivity contribution in [3.63, 3.8) is 0 Å². The van der Waals surface area contributed by atoms with Crippen molar-refractivity contribution in [1.29, 1.82) is 0 Å². The summed E-state index contributed by atoms with van der Waals surface area (Å²) in [6, 6.07) is 6.11. The van der Waals surface area contributed by atoms with Crippen molar-refractivity contribution in [2.45, 2.75) is 39.8 Å². The van der Waals surface area contributed by atoms with Gasteiger partial charge in [-0.1, -0.05) is 22.0 Å². The number of hydrogen-bond donors (Lipinski definition) is 1. The van der Waals surface area contributed by atoms with Gasteiger partial charge in [0, 0.05) is 15.6 Å². The summed E-state index contributed by atoms with van der Waals surface area (Å²) in [7, 11) is 0. The van der Waals surface area contributed by atoms with Crippen LogP contribution < -0.4 is 0 Å². The second-order valence-electron chi connectivity index (χ2n) is 5.59. The van der Waals surface area contributed by atoms with Gasteiger partial charge in [-0.2, -0.15) is 0 Å². The van der Waals surface area contributed by atoms with E-state index >= 15 is 0 Å². The third-order valence-corrected chi connectivity index (χ3v) is 3.56. The van der Waals surface area contributed by atoms with Crippen LogP contribution in [0.3, 0.4) is 0 Å². The number of hydrogen-bond acceptors (Lipinski definition) is 3. The average molecular weight is 324 g/mol. The van der Waals surface area contributed by atoms with Crippen LogP contribution in [-0.2, 0) is 12.1 Å². The highest BCUT2D eigenvalue weighted by molar-refractivity contribution is 9.10. The van der Waals surface area contributed by atoms with Gasteiger partial charge in [0.05, 0.1) is 0 Å². The maximum Gasteiger partial charge on any atom is 0.165 e. The SMILES string of the molecule is Cc1ccc(-c2nnc(CO)n2C(C)(C)C)c(Br)c1. The molecule has 1 aromatic carbocycles. The van der Waals surface area contributed by atoms with Crippen molar-refractivity contribution < 1.29 is 5.11 Å². The van der Waals surface area contributed by atoms with Crippen molar-refractivity contribution >= 4 is 15.9 Å². The molecule has 19 heavy (non-hydrogen) atoms. The molecule has 0 saturated carbocycles. The lowest BCUT2D eigenvalue weighted by atomic mass is 10.1. The zero-order valence-electron chi connectivity index (χ0n) is 11.6. The summed E-state index contributed by atoms with van der Waals surface area (Å²) in [6.07, 6.45) is 0. The van der Waals surface area contributed by atoms with Crippen LogP contribution in [0.15, 0.2) is 22.7 Å². The Bertz CT molecular complexity index is 599. The molecule has 0 spiro atoms. The molecule has 0 saturated heterocycles. The Kier molecular flexibility index (Phi) is 3.78. The molecule has 2 rings (SSSR count). The van der Waals surface area contributed by atoms with Crippen molar-refractivity contribution in [2.24, 2.45) is 0 Å². The quantitative estimate of drug-likeness (QED) is 0.922.